The summed E-state index contributed by atoms with van der Waals surface area (Å²) < 4.78 is 0. The predicted octanol–water partition coefficient (Wildman–Crippen LogP) is 0.883. The molecule has 9 heavy (non-hydrogen) atoms. The van der Waals surface area contributed by atoms with Gasteiger partial charge in [0, 0.05) is 19.0 Å². The van der Waals surface area contributed by atoms with Gasteiger partial charge >= 0.3 is 0 Å². The zero-order valence-corrected chi connectivity index (χ0v) is 5.80. The molecule has 0 aromatic rings. The lowest BCUT2D eigenvalue weighted by atomic mass is 10.3. The third-order valence-electron chi connectivity index (χ3n) is 2.20. The molecule has 2 nitrogen and oxygen atoms in total. The highest BCUT2D eigenvalue weighted by Gasteiger charge is 2.27. The molecule has 0 radical (unpaired) electrons. The summed E-state index contributed by atoms with van der Waals surface area (Å²) in [5, 5.41) is 0. The Kier molecular flexibility index (Phi) is 1.01. The Morgan fingerprint density at radius 1 is 1.67 bits per heavy atom. The number of amidine groups is 1. The van der Waals surface area contributed by atoms with Crippen LogP contribution in [0.15, 0.2) is 4.99 Å². The summed E-state index contributed by atoms with van der Waals surface area (Å²) >= 11 is 0. The van der Waals surface area contributed by atoms with Crippen molar-refractivity contribution in [3.8, 4) is 0 Å². The zero-order valence-electron chi connectivity index (χ0n) is 5.80. The van der Waals surface area contributed by atoms with E-state index in [1.54, 1.807) is 0 Å². The molecule has 0 saturated carbocycles. The summed E-state index contributed by atoms with van der Waals surface area (Å²) in [6, 6.07) is 0.697. The van der Waals surface area contributed by atoms with Crippen LogP contribution >= 0.6 is 0 Å². The molecule has 0 aromatic heterocycles. The Morgan fingerprint density at radius 3 is 3.33 bits per heavy atom. The van der Waals surface area contributed by atoms with Crippen molar-refractivity contribution in [1.29, 1.82) is 0 Å². The predicted molar refractivity (Wildman–Crippen MR) is 37.7 cm³/mol. The van der Waals surface area contributed by atoms with Gasteiger partial charge in [0.05, 0.1) is 12.4 Å². The molecule has 1 atom stereocenters. The smallest absolute Gasteiger partial charge is 0.0993 e. The van der Waals surface area contributed by atoms with Crippen LogP contribution in [-0.2, 0) is 0 Å². The number of hydrogen-bond donors (Lipinski definition) is 0. The second kappa shape index (κ2) is 1.72. The van der Waals surface area contributed by atoms with Crippen LogP contribution in [0.25, 0.3) is 0 Å². The minimum absolute atomic E-state index is 0.697. The van der Waals surface area contributed by atoms with Crippen LogP contribution in [-0.4, -0.2) is 29.9 Å². The van der Waals surface area contributed by atoms with E-state index in [1.807, 2.05) is 0 Å². The Bertz CT molecular complexity index is 151. The Hall–Kier alpha value is -0.530. The normalized spacial score (nSPS) is 32.8. The lowest BCUT2D eigenvalue weighted by Gasteiger charge is -2.17. The van der Waals surface area contributed by atoms with Gasteiger partial charge in [-0.2, -0.15) is 0 Å². The summed E-state index contributed by atoms with van der Waals surface area (Å²) in [7, 11) is 0. The fraction of sp³-hybridized carbons (Fsp3) is 0.857. The van der Waals surface area contributed by atoms with Crippen LogP contribution in [0.2, 0.25) is 0 Å². The quantitative estimate of drug-likeness (QED) is 0.468. The van der Waals surface area contributed by atoms with Crippen LogP contribution in [0.3, 0.4) is 0 Å². The topological polar surface area (TPSA) is 15.6 Å². The first-order valence-corrected chi connectivity index (χ1v) is 3.68. The molecule has 0 N–H and O–H groups in total. The van der Waals surface area contributed by atoms with E-state index in [9.17, 15) is 0 Å². The molecule has 2 rings (SSSR count). The highest BCUT2D eigenvalue weighted by Crippen LogP contribution is 2.19. The molecule has 0 aliphatic carbocycles. The largest absolute Gasteiger partial charge is 0.356 e. The maximum atomic E-state index is 4.42. The highest BCUT2D eigenvalue weighted by molar-refractivity contribution is 5.85. The van der Waals surface area contributed by atoms with Gasteiger partial charge in [-0.15, -0.1) is 0 Å². The number of fused-ring (bicyclic) bond motifs is 1. The van der Waals surface area contributed by atoms with Crippen LogP contribution in [0.1, 0.15) is 19.8 Å². The van der Waals surface area contributed by atoms with Crippen molar-refractivity contribution < 1.29 is 0 Å². The van der Waals surface area contributed by atoms with Crippen molar-refractivity contribution in [2.45, 2.75) is 25.8 Å². The molecule has 1 fully saturated rings. The molecule has 2 heterocycles. The second-order valence-corrected chi connectivity index (χ2v) is 2.90. The number of aliphatic imine (C=N–C) groups is 1. The molecule has 50 valence electrons. The summed E-state index contributed by atoms with van der Waals surface area (Å²) in [5.74, 6) is 1.36. The van der Waals surface area contributed by atoms with Crippen LogP contribution < -0.4 is 0 Å². The molecular formula is C7H12N2. The molecule has 0 amide bonds. The van der Waals surface area contributed by atoms with E-state index < -0.39 is 0 Å². The number of nitrogens with zero attached hydrogens (tertiary/aromatic N) is 2. The number of hydrogen-bond acceptors (Lipinski definition) is 2. The summed E-state index contributed by atoms with van der Waals surface area (Å²) in [4.78, 5) is 6.85. The molecule has 2 heteroatoms. The Balaban J connectivity index is 2.19. The monoisotopic (exact) mass is 124 g/mol. The molecule has 1 saturated heterocycles. The fourth-order valence-corrected chi connectivity index (χ4v) is 1.66. The SMILES string of the molecule is CC1CN=C2CCCN21. The van der Waals surface area contributed by atoms with Crippen molar-refractivity contribution in [2.75, 3.05) is 13.1 Å². The average Bonchev–Trinajstić information content (AvgIpc) is 2.35. The molecule has 2 aliphatic heterocycles. The Morgan fingerprint density at radius 2 is 2.56 bits per heavy atom. The summed E-state index contributed by atoms with van der Waals surface area (Å²) in [6.45, 7) is 4.54. The van der Waals surface area contributed by atoms with Crippen LogP contribution in [0.5, 0.6) is 0 Å². The van der Waals surface area contributed by atoms with Gasteiger partial charge in [-0.1, -0.05) is 0 Å². The van der Waals surface area contributed by atoms with E-state index in [0.29, 0.717) is 6.04 Å². The first-order chi connectivity index (χ1) is 4.38. The van der Waals surface area contributed by atoms with E-state index in [2.05, 4.69) is 16.8 Å². The molecular weight excluding hydrogens is 112 g/mol. The summed E-state index contributed by atoms with van der Waals surface area (Å²) in [6.07, 6.45) is 2.55. The maximum absolute atomic E-state index is 4.42. The van der Waals surface area contributed by atoms with Crippen molar-refractivity contribution in [3.63, 3.8) is 0 Å². The second-order valence-electron chi connectivity index (χ2n) is 2.90. The standard InChI is InChI=1S/C7H12N2/c1-6-5-8-7-3-2-4-9(6)7/h6H,2-5H2,1H3. The van der Waals surface area contributed by atoms with Crippen LogP contribution in [0, 0.1) is 0 Å². The van der Waals surface area contributed by atoms with E-state index in [0.717, 1.165) is 6.54 Å². The first-order valence-electron chi connectivity index (χ1n) is 3.68. The number of rotatable bonds is 0. The van der Waals surface area contributed by atoms with Crippen molar-refractivity contribution in [1.82, 2.24) is 4.90 Å². The molecule has 2 aliphatic rings. The van der Waals surface area contributed by atoms with E-state index in [1.165, 1.54) is 25.2 Å². The van der Waals surface area contributed by atoms with Gasteiger partial charge in [-0.25, -0.2) is 0 Å². The Labute approximate surface area is 55.6 Å². The minimum atomic E-state index is 0.697. The van der Waals surface area contributed by atoms with Crippen molar-refractivity contribution in [2.24, 2.45) is 4.99 Å². The highest BCUT2D eigenvalue weighted by atomic mass is 15.3. The van der Waals surface area contributed by atoms with Gasteiger partial charge in [0.2, 0.25) is 0 Å². The average molecular weight is 124 g/mol. The van der Waals surface area contributed by atoms with Gasteiger partial charge in [0.25, 0.3) is 0 Å². The van der Waals surface area contributed by atoms with Crippen molar-refractivity contribution in [3.05, 3.63) is 0 Å². The van der Waals surface area contributed by atoms with Gasteiger partial charge in [0.1, 0.15) is 0 Å². The lowest BCUT2D eigenvalue weighted by molar-refractivity contribution is 0.389. The van der Waals surface area contributed by atoms with Gasteiger partial charge < -0.3 is 4.90 Å². The first kappa shape index (κ1) is 5.27. The van der Waals surface area contributed by atoms with E-state index in [4.69, 9.17) is 0 Å². The third kappa shape index (κ3) is 0.655. The molecule has 0 spiro atoms. The third-order valence-corrected chi connectivity index (χ3v) is 2.20. The van der Waals surface area contributed by atoms with Crippen LogP contribution in [0.4, 0.5) is 0 Å². The zero-order chi connectivity index (χ0) is 6.27. The molecule has 1 unspecified atom stereocenters. The van der Waals surface area contributed by atoms with Crippen molar-refractivity contribution >= 4 is 5.84 Å². The van der Waals surface area contributed by atoms with E-state index in [-0.39, 0.29) is 0 Å². The summed E-state index contributed by atoms with van der Waals surface area (Å²) in [5.41, 5.74) is 0. The maximum Gasteiger partial charge on any atom is 0.0993 e. The van der Waals surface area contributed by atoms with E-state index >= 15 is 0 Å². The lowest BCUT2D eigenvalue weighted by Crippen LogP contribution is -2.29. The molecule has 0 aromatic carbocycles. The van der Waals surface area contributed by atoms with Gasteiger partial charge in [-0.3, -0.25) is 4.99 Å². The van der Waals surface area contributed by atoms with Gasteiger partial charge in [0.15, 0.2) is 0 Å². The van der Waals surface area contributed by atoms with Gasteiger partial charge in [-0.05, 0) is 13.3 Å². The molecule has 0 bridgehead atoms. The fourth-order valence-electron chi connectivity index (χ4n) is 1.66. The minimum Gasteiger partial charge on any atom is -0.356 e.